The van der Waals surface area contributed by atoms with E-state index in [1.165, 1.54) is 16.0 Å². The number of rotatable bonds is 7. The molecule has 2 aliphatic carbocycles. The summed E-state index contributed by atoms with van der Waals surface area (Å²) < 4.78 is 5.40. The predicted molar refractivity (Wildman–Crippen MR) is 109 cm³/mol. The second-order valence-corrected chi connectivity index (χ2v) is 9.69. The van der Waals surface area contributed by atoms with Gasteiger partial charge in [-0.05, 0) is 59.4 Å². The van der Waals surface area contributed by atoms with Gasteiger partial charge in [0.1, 0.15) is 18.5 Å². The van der Waals surface area contributed by atoms with E-state index in [9.17, 15) is 9.90 Å². The number of thiophene rings is 1. The third kappa shape index (κ3) is 3.34. The fourth-order valence-corrected chi connectivity index (χ4v) is 5.67. The number of aliphatic hydroxyl groups excluding tert-OH is 2. The highest BCUT2D eigenvalue weighted by Gasteiger charge is 2.63. The van der Waals surface area contributed by atoms with Crippen LogP contribution >= 0.6 is 11.3 Å². The van der Waals surface area contributed by atoms with Gasteiger partial charge in [-0.1, -0.05) is 26.0 Å². The molecule has 3 atom stereocenters. The van der Waals surface area contributed by atoms with Gasteiger partial charge < -0.3 is 20.3 Å². The minimum absolute atomic E-state index is 0.0138. The van der Waals surface area contributed by atoms with Gasteiger partial charge in [0, 0.05) is 11.4 Å². The molecule has 0 bridgehead atoms. The monoisotopic (exact) mass is 401 g/mol. The van der Waals surface area contributed by atoms with E-state index in [-0.39, 0.29) is 19.1 Å². The van der Waals surface area contributed by atoms with Crippen LogP contribution in [0.2, 0.25) is 0 Å². The van der Waals surface area contributed by atoms with Crippen molar-refractivity contribution < 1.29 is 19.7 Å². The van der Waals surface area contributed by atoms with Crippen molar-refractivity contribution in [2.24, 2.45) is 11.3 Å². The van der Waals surface area contributed by atoms with Crippen molar-refractivity contribution in [2.45, 2.75) is 45.8 Å². The quantitative estimate of drug-likeness (QED) is 0.666. The van der Waals surface area contributed by atoms with Crippen LogP contribution in [0.4, 0.5) is 0 Å². The van der Waals surface area contributed by atoms with Crippen molar-refractivity contribution in [2.75, 3.05) is 13.2 Å². The Morgan fingerprint density at radius 1 is 1.36 bits per heavy atom. The zero-order valence-electron chi connectivity index (χ0n) is 16.5. The Morgan fingerprint density at radius 2 is 2.07 bits per heavy atom. The minimum Gasteiger partial charge on any atom is -0.491 e. The molecule has 5 nitrogen and oxygen atoms in total. The molecule has 0 aliphatic heterocycles. The number of aryl methyl sites for hydroxylation is 1. The van der Waals surface area contributed by atoms with Crippen molar-refractivity contribution >= 4 is 17.2 Å². The lowest BCUT2D eigenvalue weighted by atomic mass is 9.95. The van der Waals surface area contributed by atoms with Crippen LogP contribution in [0.5, 0.6) is 5.75 Å². The molecule has 0 unspecified atom stereocenters. The van der Waals surface area contributed by atoms with E-state index in [0.29, 0.717) is 29.5 Å². The van der Waals surface area contributed by atoms with Crippen LogP contribution in [0.15, 0.2) is 24.3 Å². The normalized spacial score (nSPS) is 22.3. The van der Waals surface area contributed by atoms with E-state index in [1.54, 1.807) is 23.5 Å². The van der Waals surface area contributed by atoms with Crippen LogP contribution in [0.25, 0.3) is 0 Å². The lowest BCUT2D eigenvalue weighted by Gasteiger charge is -2.11. The topological polar surface area (TPSA) is 78.8 Å². The molecule has 4 rings (SSSR count). The summed E-state index contributed by atoms with van der Waals surface area (Å²) in [6.45, 7) is 7.00. The molecule has 1 heterocycles. The number of nitrogens with one attached hydrogen (secondary N) is 1. The standard InChI is InChI=1S/C22H27NO4S/c1-12-18-16(8-17-19(18)22(17,2)3)20(28-12)21(26)23-9-13-4-6-15(7-5-13)27-11-14(25)10-24/h4-7,14,17,19,24-25H,8-11H2,1-3H3,(H,23,26)/t14-,17+,19+/m0/s1. The number of carbonyl (C=O) groups excluding carboxylic acids is 1. The Hall–Kier alpha value is -1.89. The molecule has 2 aromatic rings. The lowest BCUT2D eigenvalue weighted by molar-refractivity contribution is 0.0536. The molecule has 1 saturated carbocycles. The molecule has 2 aliphatic rings. The summed E-state index contributed by atoms with van der Waals surface area (Å²) in [6.07, 6.45) is 0.151. The first-order chi connectivity index (χ1) is 13.3. The summed E-state index contributed by atoms with van der Waals surface area (Å²) in [5.41, 5.74) is 4.10. The smallest absolute Gasteiger partial charge is 0.261 e. The molecule has 0 saturated heterocycles. The first-order valence-electron chi connectivity index (χ1n) is 9.74. The van der Waals surface area contributed by atoms with Crippen LogP contribution in [0, 0.1) is 18.3 Å². The van der Waals surface area contributed by atoms with Crippen molar-refractivity contribution in [1.29, 1.82) is 0 Å². The van der Waals surface area contributed by atoms with E-state index in [2.05, 4.69) is 26.1 Å². The number of amides is 1. The van der Waals surface area contributed by atoms with E-state index < -0.39 is 6.10 Å². The molecular weight excluding hydrogens is 374 g/mol. The van der Waals surface area contributed by atoms with Gasteiger partial charge in [-0.25, -0.2) is 0 Å². The minimum atomic E-state index is -0.883. The molecule has 28 heavy (non-hydrogen) atoms. The number of aliphatic hydroxyl groups is 2. The van der Waals surface area contributed by atoms with Gasteiger partial charge in [0.2, 0.25) is 0 Å². The maximum absolute atomic E-state index is 12.8. The Morgan fingerprint density at radius 3 is 2.75 bits per heavy atom. The van der Waals surface area contributed by atoms with Gasteiger partial charge in [-0.15, -0.1) is 11.3 Å². The zero-order chi connectivity index (χ0) is 20.1. The first-order valence-corrected chi connectivity index (χ1v) is 10.6. The summed E-state index contributed by atoms with van der Waals surface area (Å²) >= 11 is 1.63. The molecule has 3 N–H and O–H groups in total. The predicted octanol–water partition coefficient (Wildman–Crippen LogP) is 3.01. The van der Waals surface area contributed by atoms with Gasteiger partial charge in [-0.3, -0.25) is 4.79 Å². The summed E-state index contributed by atoms with van der Waals surface area (Å²) in [6, 6.07) is 7.38. The molecule has 0 spiro atoms. The van der Waals surface area contributed by atoms with Crippen LogP contribution in [0.3, 0.4) is 0 Å². The Balaban J connectivity index is 1.36. The van der Waals surface area contributed by atoms with Gasteiger partial charge in [0.15, 0.2) is 0 Å². The van der Waals surface area contributed by atoms with E-state index in [4.69, 9.17) is 9.84 Å². The molecule has 150 valence electrons. The second kappa shape index (κ2) is 7.17. The lowest BCUT2D eigenvalue weighted by Crippen LogP contribution is -2.23. The first kappa shape index (κ1) is 19.4. The number of ether oxygens (including phenoxy) is 1. The molecular formula is C22H27NO4S. The number of carbonyl (C=O) groups is 1. The molecule has 0 radical (unpaired) electrons. The van der Waals surface area contributed by atoms with Crippen molar-refractivity contribution in [1.82, 2.24) is 5.32 Å². The van der Waals surface area contributed by atoms with Gasteiger partial charge in [0.25, 0.3) is 5.91 Å². The summed E-state index contributed by atoms with van der Waals surface area (Å²) in [4.78, 5) is 15.0. The molecule has 1 aromatic heterocycles. The van der Waals surface area contributed by atoms with E-state index >= 15 is 0 Å². The van der Waals surface area contributed by atoms with Crippen LogP contribution in [-0.4, -0.2) is 35.4 Å². The summed E-state index contributed by atoms with van der Waals surface area (Å²) in [7, 11) is 0. The fraction of sp³-hybridized carbons (Fsp3) is 0.500. The van der Waals surface area contributed by atoms with Gasteiger partial charge >= 0.3 is 0 Å². The molecule has 6 heteroatoms. The summed E-state index contributed by atoms with van der Waals surface area (Å²) in [5, 5.41) is 21.2. The number of fused-ring (bicyclic) bond motifs is 3. The number of benzene rings is 1. The molecule has 1 aromatic carbocycles. The maximum Gasteiger partial charge on any atom is 0.261 e. The van der Waals surface area contributed by atoms with Crippen LogP contribution < -0.4 is 10.1 Å². The zero-order valence-corrected chi connectivity index (χ0v) is 17.3. The van der Waals surface area contributed by atoms with Gasteiger partial charge in [0.05, 0.1) is 11.5 Å². The van der Waals surface area contributed by atoms with Crippen molar-refractivity contribution in [3.8, 4) is 5.75 Å². The highest BCUT2D eigenvalue weighted by atomic mass is 32.1. The highest BCUT2D eigenvalue weighted by Crippen LogP contribution is 2.71. The largest absolute Gasteiger partial charge is 0.491 e. The third-order valence-corrected chi connectivity index (χ3v) is 7.42. The van der Waals surface area contributed by atoms with E-state index in [1.807, 2.05) is 12.1 Å². The Labute approximate surface area is 169 Å². The Bertz CT molecular complexity index is 887. The SMILES string of the molecule is Cc1sc(C(=O)NCc2ccc(OC[C@@H](O)CO)cc2)c2c1[C@H]1[C@@H](C2)C1(C)C. The third-order valence-electron chi connectivity index (χ3n) is 6.25. The van der Waals surface area contributed by atoms with Crippen LogP contribution in [0.1, 0.15) is 51.0 Å². The van der Waals surface area contributed by atoms with Crippen molar-refractivity contribution in [3.05, 3.63) is 50.7 Å². The average Bonchev–Trinajstić information content (AvgIpc) is 3.02. The Kier molecular flexibility index (Phi) is 4.98. The number of hydrogen-bond donors (Lipinski definition) is 3. The maximum atomic E-state index is 12.8. The van der Waals surface area contributed by atoms with Crippen LogP contribution in [-0.2, 0) is 13.0 Å². The van der Waals surface area contributed by atoms with Gasteiger partial charge in [-0.2, -0.15) is 0 Å². The fourth-order valence-electron chi connectivity index (χ4n) is 4.53. The van der Waals surface area contributed by atoms with Crippen molar-refractivity contribution in [3.63, 3.8) is 0 Å². The highest BCUT2D eigenvalue weighted by molar-refractivity contribution is 7.14. The number of hydrogen-bond acceptors (Lipinski definition) is 5. The second-order valence-electron chi connectivity index (χ2n) is 8.46. The molecule has 1 fully saturated rings. The van der Waals surface area contributed by atoms with E-state index in [0.717, 1.165) is 16.9 Å². The molecule has 1 amide bonds. The average molecular weight is 402 g/mol. The summed E-state index contributed by atoms with van der Waals surface area (Å²) in [5.74, 6) is 1.97.